The number of carbonyl (C=O) groups is 2. The van der Waals surface area contributed by atoms with Crippen molar-refractivity contribution in [2.75, 3.05) is 6.54 Å². The molecular weight excluding hydrogens is 283 g/mol. The summed E-state index contributed by atoms with van der Waals surface area (Å²) in [6, 6.07) is 6.41. The number of benzene rings is 1. The summed E-state index contributed by atoms with van der Waals surface area (Å²) < 4.78 is 13.3. The maximum atomic E-state index is 13.3. The minimum atomic E-state index is -0.359. The zero-order valence-corrected chi connectivity index (χ0v) is 12.5. The molecule has 1 aliphatic carbocycles. The van der Waals surface area contributed by atoms with Crippen molar-refractivity contribution in [2.24, 2.45) is 11.7 Å². The second-order valence-electron chi connectivity index (χ2n) is 6.36. The molecule has 2 aliphatic rings. The van der Waals surface area contributed by atoms with Crippen molar-refractivity contribution >= 4 is 11.8 Å². The summed E-state index contributed by atoms with van der Waals surface area (Å²) in [6.45, 7) is 0.698. The lowest BCUT2D eigenvalue weighted by atomic mass is 9.98. The van der Waals surface area contributed by atoms with Gasteiger partial charge in [0.05, 0.1) is 0 Å². The van der Waals surface area contributed by atoms with Gasteiger partial charge in [0, 0.05) is 24.9 Å². The van der Waals surface area contributed by atoms with Crippen molar-refractivity contribution in [3.05, 3.63) is 35.6 Å². The molecule has 0 bridgehead atoms. The van der Waals surface area contributed by atoms with Gasteiger partial charge in [-0.1, -0.05) is 12.1 Å². The molecule has 0 spiro atoms. The second kappa shape index (κ2) is 6.07. The van der Waals surface area contributed by atoms with Crippen LogP contribution in [0.3, 0.4) is 0 Å². The summed E-state index contributed by atoms with van der Waals surface area (Å²) in [4.78, 5) is 25.7. The summed E-state index contributed by atoms with van der Waals surface area (Å²) >= 11 is 0. The van der Waals surface area contributed by atoms with Crippen LogP contribution in [0.4, 0.5) is 4.39 Å². The number of primary amides is 1. The van der Waals surface area contributed by atoms with Crippen LogP contribution in [-0.2, 0) is 9.59 Å². The lowest BCUT2D eigenvalue weighted by Crippen LogP contribution is -2.46. The van der Waals surface area contributed by atoms with Crippen molar-refractivity contribution in [2.45, 2.75) is 44.1 Å². The van der Waals surface area contributed by atoms with Crippen LogP contribution in [0.25, 0.3) is 0 Å². The average molecular weight is 304 g/mol. The number of hydrogen-bond acceptors (Lipinski definition) is 2. The molecule has 1 aromatic rings. The van der Waals surface area contributed by atoms with E-state index in [9.17, 15) is 14.0 Å². The maximum Gasteiger partial charge on any atom is 0.226 e. The standard InChI is InChI=1S/C17H21FN2O2/c18-12-5-3-4-11(8-12)14-10-15(14)17(22)20-7-2-1-6-13(20)9-16(19)21/h3-5,8,13-15H,1-2,6-7,9-10H2,(H2,19,21)/t13-,14-,15+/m0/s1. The maximum absolute atomic E-state index is 13.3. The molecule has 4 nitrogen and oxygen atoms in total. The first kappa shape index (κ1) is 15.0. The van der Waals surface area contributed by atoms with E-state index in [0.717, 1.165) is 31.2 Å². The summed E-state index contributed by atoms with van der Waals surface area (Å²) in [5.41, 5.74) is 6.18. The zero-order chi connectivity index (χ0) is 15.7. The van der Waals surface area contributed by atoms with E-state index in [2.05, 4.69) is 0 Å². The first-order chi connectivity index (χ1) is 10.6. The highest BCUT2D eigenvalue weighted by molar-refractivity contribution is 5.84. The Morgan fingerprint density at radius 1 is 1.32 bits per heavy atom. The molecule has 1 heterocycles. The van der Waals surface area contributed by atoms with Crippen molar-refractivity contribution in [3.8, 4) is 0 Å². The van der Waals surface area contributed by atoms with Gasteiger partial charge in [-0.25, -0.2) is 4.39 Å². The Balaban J connectivity index is 1.67. The molecule has 3 rings (SSSR count). The van der Waals surface area contributed by atoms with Gasteiger partial charge in [-0.2, -0.15) is 0 Å². The smallest absolute Gasteiger partial charge is 0.226 e. The van der Waals surface area contributed by atoms with Gasteiger partial charge in [0.25, 0.3) is 0 Å². The molecule has 3 atom stereocenters. The summed E-state index contributed by atoms with van der Waals surface area (Å²) in [7, 11) is 0. The molecule has 1 saturated carbocycles. The molecule has 2 fully saturated rings. The number of rotatable bonds is 4. The van der Waals surface area contributed by atoms with Crippen LogP contribution in [0.2, 0.25) is 0 Å². The van der Waals surface area contributed by atoms with E-state index >= 15 is 0 Å². The average Bonchev–Trinajstić information content (AvgIpc) is 3.27. The van der Waals surface area contributed by atoms with Crippen molar-refractivity contribution in [1.29, 1.82) is 0 Å². The molecule has 1 aromatic carbocycles. The topological polar surface area (TPSA) is 63.4 Å². The highest BCUT2D eigenvalue weighted by Crippen LogP contribution is 2.49. The molecule has 0 unspecified atom stereocenters. The second-order valence-corrected chi connectivity index (χ2v) is 6.36. The molecule has 0 radical (unpaired) electrons. The first-order valence-electron chi connectivity index (χ1n) is 7.90. The molecule has 22 heavy (non-hydrogen) atoms. The first-order valence-corrected chi connectivity index (χ1v) is 7.90. The third-order valence-corrected chi connectivity index (χ3v) is 4.73. The Labute approximate surface area is 129 Å². The van der Waals surface area contributed by atoms with E-state index in [-0.39, 0.29) is 41.9 Å². The van der Waals surface area contributed by atoms with Crippen molar-refractivity contribution in [1.82, 2.24) is 4.90 Å². The Bertz CT molecular complexity index is 590. The number of piperidine rings is 1. The Morgan fingerprint density at radius 2 is 2.14 bits per heavy atom. The fourth-order valence-electron chi connectivity index (χ4n) is 3.52. The fraction of sp³-hybridized carbons (Fsp3) is 0.529. The van der Waals surface area contributed by atoms with E-state index in [1.807, 2.05) is 11.0 Å². The van der Waals surface area contributed by atoms with Gasteiger partial charge in [0.2, 0.25) is 11.8 Å². The molecule has 5 heteroatoms. The van der Waals surface area contributed by atoms with Gasteiger partial charge in [0.1, 0.15) is 5.82 Å². The third kappa shape index (κ3) is 3.13. The lowest BCUT2D eigenvalue weighted by Gasteiger charge is -2.35. The molecule has 2 N–H and O–H groups in total. The number of nitrogens with two attached hydrogens (primary N) is 1. The number of amides is 2. The van der Waals surface area contributed by atoms with Crippen LogP contribution >= 0.6 is 0 Å². The zero-order valence-electron chi connectivity index (χ0n) is 12.5. The monoisotopic (exact) mass is 304 g/mol. The minimum absolute atomic E-state index is 0.0625. The predicted octanol–water partition coefficient (Wildman–Crippen LogP) is 2.19. The van der Waals surface area contributed by atoms with Crippen LogP contribution in [0.1, 0.15) is 43.6 Å². The van der Waals surface area contributed by atoms with E-state index in [0.29, 0.717) is 6.54 Å². The fourth-order valence-corrected chi connectivity index (χ4v) is 3.52. The number of likely N-dealkylation sites (tertiary alicyclic amines) is 1. The molecule has 2 amide bonds. The van der Waals surface area contributed by atoms with Gasteiger partial charge in [-0.3, -0.25) is 9.59 Å². The molecule has 118 valence electrons. The van der Waals surface area contributed by atoms with Crippen LogP contribution < -0.4 is 5.73 Å². The number of carbonyl (C=O) groups excluding carboxylic acids is 2. The lowest BCUT2D eigenvalue weighted by molar-refractivity contribution is -0.137. The SMILES string of the molecule is NC(=O)C[C@@H]1CCCCN1C(=O)[C@@H]1C[C@H]1c1cccc(F)c1. The van der Waals surface area contributed by atoms with E-state index in [4.69, 9.17) is 5.73 Å². The van der Waals surface area contributed by atoms with Crippen molar-refractivity contribution < 1.29 is 14.0 Å². The Morgan fingerprint density at radius 3 is 2.86 bits per heavy atom. The number of nitrogens with zero attached hydrogens (tertiary/aromatic N) is 1. The van der Waals surface area contributed by atoms with Gasteiger partial charge in [0.15, 0.2) is 0 Å². The van der Waals surface area contributed by atoms with Gasteiger partial charge < -0.3 is 10.6 Å². The van der Waals surface area contributed by atoms with E-state index in [1.54, 1.807) is 6.07 Å². The Kier molecular flexibility index (Phi) is 4.14. The van der Waals surface area contributed by atoms with Gasteiger partial charge >= 0.3 is 0 Å². The quantitative estimate of drug-likeness (QED) is 0.926. The Hall–Kier alpha value is -1.91. The molecular formula is C17H21FN2O2. The predicted molar refractivity (Wildman–Crippen MR) is 80.4 cm³/mol. The van der Waals surface area contributed by atoms with Crippen LogP contribution in [0.15, 0.2) is 24.3 Å². The molecule has 0 aromatic heterocycles. The van der Waals surface area contributed by atoms with Crippen LogP contribution in [-0.4, -0.2) is 29.3 Å². The number of halogens is 1. The third-order valence-electron chi connectivity index (χ3n) is 4.73. The largest absolute Gasteiger partial charge is 0.370 e. The highest BCUT2D eigenvalue weighted by atomic mass is 19.1. The normalized spacial score (nSPS) is 27.5. The van der Waals surface area contributed by atoms with Crippen LogP contribution in [0, 0.1) is 11.7 Å². The number of hydrogen-bond donors (Lipinski definition) is 1. The highest BCUT2D eigenvalue weighted by Gasteiger charge is 2.47. The summed E-state index contributed by atoms with van der Waals surface area (Å²) in [6.07, 6.45) is 3.84. The van der Waals surface area contributed by atoms with Crippen LogP contribution in [0.5, 0.6) is 0 Å². The van der Waals surface area contributed by atoms with Gasteiger partial charge in [-0.15, -0.1) is 0 Å². The van der Waals surface area contributed by atoms with Crippen molar-refractivity contribution in [3.63, 3.8) is 0 Å². The molecule has 1 saturated heterocycles. The summed E-state index contributed by atoms with van der Waals surface area (Å²) in [5.74, 6) is -0.489. The van der Waals surface area contributed by atoms with Gasteiger partial charge in [-0.05, 0) is 49.3 Å². The summed E-state index contributed by atoms with van der Waals surface area (Å²) in [5, 5.41) is 0. The minimum Gasteiger partial charge on any atom is -0.370 e. The van der Waals surface area contributed by atoms with E-state index < -0.39 is 0 Å². The molecule has 1 aliphatic heterocycles. The van der Waals surface area contributed by atoms with E-state index in [1.165, 1.54) is 12.1 Å².